The van der Waals surface area contributed by atoms with E-state index in [4.69, 9.17) is 0 Å². The summed E-state index contributed by atoms with van der Waals surface area (Å²) in [5, 5.41) is 19.7. The third kappa shape index (κ3) is 4.05. The van der Waals surface area contributed by atoms with Gasteiger partial charge in [0.05, 0.1) is 6.10 Å². The van der Waals surface area contributed by atoms with E-state index in [0.29, 0.717) is 5.75 Å². The summed E-state index contributed by atoms with van der Waals surface area (Å²) in [6.45, 7) is 1.41. The fourth-order valence-electron chi connectivity index (χ4n) is 1.85. The standard InChI is InChI=1S/C13H14F2O5S/c1-7(16)21-5-4-9(17)12(18)8-2-3-10-11(6-8)20-13(14,15)19-10/h2-3,6,9,12,17-18H,4-5H2,1H3. The predicted molar refractivity (Wildman–Crippen MR) is 71.4 cm³/mol. The molecular weight excluding hydrogens is 306 g/mol. The smallest absolute Gasteiger partial charge is 0.395 e. The number of aliphatic hydroxyl groups is 2. The maximum absolute atomic E-state index is 12.9. The van der Waals surface area contributed by atoms with Crippen LogP contribution >= 0.6 is 11.8 Å². The summed E-state index contributed by atoms with van der Waals surface area (Å²) in [6, 6.07) is 3.81. The first-order valence-corrected chi connectivity index (χ1v) is 7.16. The lowest BCUT2D eigenvalue weighted by Crippen LogP contribution is -2.26. The highest BCUT2D eigenvalue weighted by atomic mass is 32.2. The SMILES string of the molecule is CC(=O)SCCC(O)C(O)c1ccc2c(c1)OC(F)(F)O2. The van der Waals surface area contributed by atoms with Gasteiger partial charge in [0.1, 0.15) is 6.10 Å². The maximum atomic E-state index is 12.9. The van der Waals surface area contributed by atoms with E-state index in [9.17, 15) is 23.8 Å². The normalized spacial score (nSPS) is 18.3. The van der Waals surface area contributed by atoms with Crippen molar-refractivity contribution in [1.82, 2.24) is 0 Å². The summed E-state index contributed by atoms with van der Waals surface area (Å²) in [5.41, 5.74) is 0.232. The number of benzene rings is 1. The molecule has 2 atom stereocenters. The molecule has 0 saturated carbocycles. The molecule has 2 N–H and O–H groups in total. The van der Waals surface area contributed by atoms with Gasteiger partial charge in [0, 0.05) is 12.7 Å². The van der Waals surface area contributed by atoms with Crippen LogP contribution in [0.2, 0.25) is 0 Å². The van der Waals surface area contributed by atoms with Crippen molar-refractivity contribution in [2.24, 2.45) is 0 Å². The molecule has 5 nitrogen and oxygen atoms in total. The second-order valence-electron chi connectivity index (χ2n) is 4.51. The molecule has 8 heteroatoms. The minimum absolute atomic E-state index is 0.0815. The Kier molecular flexibility index (Phi) is 4.70. The van der Waals surface area contributed by atoms with E-state index in [1.807, 2.05) is 0 Å². The summed E-state index contributed by atoms with van der Waals surface area (Å²) < 4.78 is 34.3. The monoisotopic (exact) mass is 320 g/mol. The minimum atomic E-state index is -3.72. The Bertz CT molecular complexity index is 537. The van der Waals surface area contributed by atoms with Crippen LogP contribution in [0.25, 0.3) is 0 Å². The third-order valence-corrected chi connectivity index (χ3v) is 3.70. The van der Waals surface area contributed by atoms with Gasteiger partial charge < -0.3 is 19.7 Å². The molecule has 0 aromatic heterocycles. The minimum Gasteiger partial charge on any atom is -0.395 e. The fraction of sp³-hybridized carbons (Fsp3) is 0.462. The first-order valence-electron chi connectivity index (χ1n) is 6.18. The van der Waals surface area contributed by atoms with Gasteiger partial charge in [-0.05, 0) is 24.1 Å². The molecule has 2 unspecified atom stereocenters. The van der Waals surface area contributed by atoms with E-state index in [-0.39, 0.29) is 28.6 Å². The molecule has 1 aliphatic rings. The Hall–Kier alpha value is -1.38. The number of hydrogen-bond acceptors (Lipinski definition) is 6. The highest BCUT2D eigenvalue weighted by Gasteiger charge is 2.43. The molecule has 0 fully saturated rings. The first-order chi connectivity index (χ1) is 9.78. The second-order valence-corrected chi connectivity index (χ2v) is 5.79. The van der Waals surface area contributed by atoms with Crippen molar-refractivity contribution in [3.63, 3.8) is 0 Å². The lowest BCUT2D eigenvalue weighted by Gasteiger charge is -2.18. The van der Waals surface area contributed by atoms with Crippen LogP contribution in [0.4, 0.5) is 8.78 Å². The summed E-state index contributed by atoms with van der Waals surface area (Å²) in [5.74, 6) is 0.0374. The van der Waals surface area contributed by atoms with Gasteiger partial charge in [-0.25, -0.2) is 0 Å². The zero-order chi connectivity index (χ0) is 15.6. The average Bonchev–Trinajstić information content (AvgIpc) is 2.69. The number of carbonyl (C=O) groups is 1. The van der Waals surface area contributed by atoms with Gasteiger partial charge in [-0.1, -0.05) is 17.8 Å². The van der Waals surface area contributed by atoms with Crippen LogP contribution in [0, 0.1) is 0 Å². The van der Waals surface area contributed by atoms with Gasteiger partial charge in [0.15, 0.2) is 16.6 Å². The van der Waals surface area contributed by atoms with Crippen molar-refractivity contribution in [3.8, 4) is 11.5 Å². The number of alkyl halides is 2. The fourth-order valence-corrected chi connectivity index (χ4v) is 2.50. The molecule has 1 aliphatic heterocycles. The van der Waals surface area contributed by atoms with Crippen LogP contribution in [0.15, 0.2) is 18.2 Å². The van der Waals surface area contributed by atoms with Crippen LogP contribution in [0.5, 0.6) is 11.5 Å². The molecule has 0 amide bonds. The number of hydrogen-bond donors (Lipinski definition) is 2. The van der Waals surface area contributed by atoms with E-state index in [2.05, 4.69) is 9.47 Å². The third-order valence-electron chi connectivity index (χ3n) is 2.85. The first kappa shape index (κ1) is 16.0. The Labute approximate surface area is 123 Å². The van der Waals surface area contributed by atoms with Gasteiger partial charge in [0.2, 0.25) is 0 Å². The molecule has 21 heavy (non-hydrogen) atoms. The number of rotatable bonds is 5. The molecule has 0 spiro atoms. The van der Waals surface area contributed by atoms with Crippen molar-refractivity contribution in [2.75, 3.05) is 5.75 Å². The van der Waals surface area contributed by atoms with Crippen molar-refractivity contribution < 1.29 is 33.3 Å². The summed E-state index contributed by atoms with van der Waals surface area (Å²) in [4.78, 5) is 10.8. The number of thioether (sulfide) groups is 1. The van der Waals surface area contributed by atoms with E-state index in [1.165, 1.54) is 25.1 Å². The van der Waals surface area contributed by atoms with Crippen molar-refractivity contribution >= 4 is 16.9 Å². The Morgan fingerprint density at radius 1 is 1.33 bits per heavy atom. The van der Waals surface area contributed by atoms with Crippen LogP contribution in [0.1, 0.15) is 25.0 Å². The van der Waals surface area contributed by atoms with Crippen LogP contribution < -0.4 is 9.47 Å². The number of ether oxygens (including phenoxy) is 2. The Balaban J connectivity index is 2.00. The summed E-state index contributed by atoms with van der Waals surface area (Å²) >= 11 is 1.04. The molecule has 2 rings (SSSR count). The quantitative estimate of drug-likeness (QED) is 0.865. The number of aliphatic hydroxyl groups excluding tert-OH is 2. The lowest BCUT2D eigenvalue weighted by molar-refractivity contribution is -0.286. The van der Waals surface area contributed by atoms with E-state index >= 15 is 0 Å². The average molecular weight is 320 g/mol. The van der Waals surface area contributed by atoms with Gasteiger partial charge >= 0.3 is 6.29 Å². The summed E-state index contributed by atoms with van der Waals surface area (Å²) in [7, 11) is 0. The van der Waals surface area contributed by atoms with Gasteiger partial charge in [-0.2, -0.15) is 0 Å². The molecule has 0 saturated heterocycles. The van der Waals surface area contributed by atoms with E-state index in [1.54, 1.807) is 0 Å². The highest BCUT2D eigenvalue weighted by Crippen LogP contribution is 2.42. The lowest BCUT2D eigenvalue weighted by atomic mass is 10.0. The van der Waals surface area contributed by atoms with E-state index in [0.717, 1.165) is 11.8 Å². The molecule has 116 valence electrons. The number of fused-ring (bicyclic) bond motifs is 1. The Morgan fingerprint density at radius 3 is 2.67 bits per heavy atom. The molecule has 1 heterocycles. The van der Waals surface area contributed by atoms with Crippen LogP contribution in [-0.4, -0.2) is 33.5 Å². The van der Waals surface area contributed by atoms with Crippen molar-refractivity contribution in [3.05, 3.63) is 23.8 Å². The molecule has 0 bridgehead atoms. The highest BCUT2D eigenvalue weighted by molar-refractivity contribution is 8.13. The predicted octanol–water partition coefficient (Wildman–Crippen LogP) is 2.07. The van der Waals surface area contributed by atoms with Gasteiger partial charge in [-0.15, -0.1) is 8.78 Å². The van der Waals surface area contributed by atoms with Gasteiger partial charge in [0.25, 0.3) is 0 Å². The zero-order valence-corrected chi connectivity index (χ0v) is 11.9. The molecule has 0 aliphatic carbocycles. The summed E-state index contributed by atoms with van der Waals surface area (Å²) in [6.07, 6.45) is -5.91. The van der Waals surface area contributed by atoms with Crippen LogP contribution in [0.3, 0.4) is 0 Å². The maximum Gasteiger partial charge on any atom is 0.586 e. The molecule has 0 radical (unpaired) electrons. The zero-order valence-electron chi connectivity index (χ0n) is 11.1. The van der Waals surface area contributed by atoms with Crippen LogP contribution in [-0.2, 0) is 4.79 Å². The second kappa shape index (κ2) is 6.17. The molecule has 1 aromatic rings. The number of carbonyl (C=O) groups excluding carboxylic acids is 1. The van der Waals surface area contributed by atoms with Gasteiger partial charge in [-0.3, -0.25) is 4.79 Å². The largest absolute Gasteiger partial charge is 0.586 e. The number of halogens is 2. The molecular formula is C13H14F2O5S. The molecule has 1 aromatic carbocycles. The van der Waals surface area contributed by atoms with Crippen molar-refractivity contribution in [1.29, 1.82) is 0 Å². The van der Waals surface area contributed by atoms with E-state index < -0.39 is 18.5 Å². The Morgan fingerprint density at radius 2 is 2.00 bits per heavy atom. The van der Waals surface area contributed by atoms with Crippen molar-refractivity contribution in [2.45, 2.75) is 31.8 Å². The topological polar surface area (TPSA) is 76.0 Å².